The van der Waals surface area contributed by atoms with Crippen LogP contribution in [0.5, 0.6) is 0 Å². The molecule has 0 aliphatic carbocycles. The fourth-order valence-electron chi connectivity index (χ4n) is 2.67. The van der Waals surface area contributed by atoms with Gasteiger partial charge in [-0.25, -0.2) is 8.78 Å². The van der Waals surface area contributed by atoms with Gasteiger partial charge in [0, 0.05) is 25.7 Å². The van der Waals surface area contributed by atoms with E-state index in [0.29, 0.717) is 18.7 Å². The van der Waals surface area contributed by atoms with E-state index in [1.54, 1.807) is 6.92 Å². The van der Waals surface area contributed by atoms with E-state index in [1.165, 1.54) is 17.0 Å². The number of nitrogens with one attached hydrogen (secondary N) is 2. The maximum absolute atomic E-state index is 13.3. The second kappa shape index (κ2) is 10.8. The van der Waals surface area contributed by atoms with Gasteiger partial charge in [0.25, 0.3) is 0 Å². The summed E-state index contributed by atoms with van der Waals surface area (Å²) >= 11 is 0. The minimum absolute atomic E-state index is 0. The predicted molar refractivity (Wildman–Crippen MR) is 95.1 cm³/mol. The first-order valence-corrected chi connectivity index (χ1v) is 8.28. The number of rotatable bonds is 7. The van der Waals surface area contributed by atoms with Gasteiger partial charge in [0.15, 0.2) is 0 Å². The van der Waals surface area contributed by atoms with E-state index in [2.05, 4.69) is 10.6 Å². The predicted octanol–water partition coefficient (Wildman–Crippen LogP) is 0.756. The molecule has 0 aromatic heterocycles. The number of hydrogen-bond acceptors (Lipinski definition) is 5. The summed E-state index contributed by atoms with van der Waals surface area (Å²) in [4.78, 5) is 37.0. The number of carbonyl (C=O) groups is 3. The molecule has 1 saturated heterocycles. The van der Waals surface area contributed by atoms with Gasteiger partial charge < -0.3 is 20.3 Å². The average molecular weight is 406 g/mol. The zero-order valence-corrected chi connectivity index (χ0v) is 15.6. The maximum Gasteiger partial charge on any atom is 0.325 e. The summed E-state index contributed by atoms with van der Waals surface area (Å²) in [6.45, 7) is 2.46. The van der Waals surface area contributed by atoms with E-state index in [4.69, 9.17) is 4.74 Å². The van der Waals surface area contributed by atoms with Crippen molar-refractivity contribution in [1.29, 1.82) is 0 Å². The molecule has 1 aliphatic rings. The summed E-state index contributed by atoms with van der Waals surface area (Å²) in [5.41, 5.74) is 0.336. The van der Waals surface area contributed by atoms with Crippen LogP contribution in [-0.4, -0.2) is 55.0 Å². The fraction of sp³-hybridized carbons (Fsp3) is 0.471. The first-order chi connectivity index (χ1) is 12.4. The molecule has 150 valence electrons. The molecular formula is C17H22ClF2N3O4. The normalized spacial score (nSPS) is 16.5. The lowest BCUT2D eigenvalue weighted by molar-refractivity contribution is -0.143. The van der Waals surface area contributed by atoms with Crippen molar-refractivity contribution in [3.05, 3.63) is 35.4 Å². The third-order valence-electron chi connectivity index (χ3n) is 3.80. The smallest absolute Gasteiger partial charge is 0.325 e. The number of halogens is 3. The van der Waals surface area contributed by atoms with Crippen LogP contribution in [0.4, 0.5) is 8.78 Å². The Morgan fingerprint density at radius 1 is 1.30 bits per heavy atom. The number of hydrogen-bond donors (Lipinski definition) is 2. The lowest BCUT2D eigenvalue weighted by Gasteiger charge is -2.33. The Balaban J connectivity index is 0.00000364. The summed E-state index contributed by atoms with van der Waals surface area (Å²) in [5, 5.41) is 5.33. The topological polar surface area (TPSA) is 87.7 Å². The number of esters is 1. The van der Waals surface area contributed by atoms with E-state index >= 15 is 0 Å². The largest absolute Gasteiger partial charge is 0.465 e. The number of ether oxygens (including phenoxy) is 1. The van der Waals surface area contributed by atoms with Crippen LogP contribution in [0.2, 0.25) is 0 Å². The molecule has 1 atom stereocenters. The number of amides is 2. The highest BCUT2D eigenvalue weighted by molar-refractivity contribution is 5.90. The third-order valence-corrected chi connectivity index (χ3v) is 3.80. The molecule has 27 heavy (non-hydrogen) atoms. The molecule has 10 heteroatoms. The molecule has 1 aromatic rings. The SMILES string of the molecule is CCOC(=O)CNC(=O)CC1NCCN(Cc2cc(F)cc(F)c2)C1=O.Cl. The minimum Gasteiger partial charge on any atom is -0.465 e. The molecule has 0 spiro atoms. The Kier molecular flexibility index (Phi) is 9.10. The third kappa shape index (κ3) is 7.10. The lowest BCUT2D eigenvalue weighted by Crippen LogP contribution is -2.56. The molecule has 7 nitrogen and oxygen atoms in total. The first-order valence-electron chi connectivity index (χ1n) is 8.28. The summed E-state index contributed by atoms with van der Waals surface area (Å²) in [5.74, 6) is -2.79. The highest BCUT2D eigenvalue weighted by atomic mass is 35.5. The zero-order chi connectivity index (χ0) is 19.1. The Morgan fingerprint density at radius 2 is 1.96 bits per heavy atom. The molecule has 2 N–H and O–H groups in total. The second-order valence-corrected chi connectivity index (χ2v) is 5.83. The second-order valence-electron chi connectivity index (χ2n) is 5.83. The van der Waals surface area contributed by atoms with Gasteiger partial charge in [-0.2, -0.15) is 0 Å². The van der Waals surface area contributed by atoms with Crippen molar-refractivity contribution in [1.82, 2.24) is 15.5 Å². The van der Waals surface area contributed by atoms with Gasteiger partial charge in [0.2, 0.25) is 11.8 Å². The highest BCUT2D eigenvalue weighted by Gasteiger charge is 2.30. The fourth-order valence-corrected chi connectivity index (χ4v) is 2.67. The summed E-state index contributed by atoms with van der Waals surface area (Å²) in [6, 6.07) is 2.34. The Hall–Kier alpha value is -2.26. The maximum atomic E-state index is 13.3. The van der Waals surface area contributed by atoms with Gasteiger partial charge >= 0.3 is 5.97 Å². The number of benzene rings is 1. The Labute approximate surface area is 161 Å². The molecular weight excluding hydrogens is 384 g/mol. The van der Waals surface area contributed by atoms with Crippen LogP contribution in [0.25, 0.3) is 0 Å². The van der Waals surface area contributed by atoms with Gasteiger partial charge in [-0.3, -0.25) is 14.4 Å². The van der Waals surface area contributed by atoms with Crippen LogP contribution >= 0.6 is 12.4 Å². The van der Waals surface area contributed by atoms with Crippen molar-refractivity contribution in [3.8, 4) is 0 Å². The first kappa shape index (κ1) is 22.8. The minimum atomic E-state index is -0.760. The summed E-state index contributed by atoms with van der Waals surface area (Å²) in [7, 11) is 0. The van der Waals surface area contributed by atoms with Crippen molar-refractivity contribution in [2.24, 2.45) is 0 Å². The molecule has 1 unspecified atom stereocenters. The molecule has 1 heterocycles. The lowest BCUT2D eigenvalue weighted by atomic mass is 10.1. The molecule has 0 saturated carbocycles. The van der Waals surface area contributed by atoms with Crippen LogP contribution in [0.15, 0.2) is 18.2 Å². The Morgan fingerprint density at radius 3 is 2.59 bits per heavy atom. The van der Waals surface area contributed by atoms with E-state index in [1.807, 2.05) is 0 Å². The van der Waals surface area contributed by atoms with Crippen LogP contribution < -0.4 is 10.6 Å². The van der Waals surface area contributed by atoms with E-state index in [0.717, 1.165) is 6.07 Å². The van der Waals surface area contributed by atoms with Crippen molar-refractivity contribution < 1.29 is 27.9 Å². The van der Waals surface area contributed by atoms with E-state index in [-0.39, 0.29) is 44.4 Å². The monoisotopic (exact) mass is 405 g/mol. The van der Waals surface area contributed by atoms with E-state index in [9.17, 15) is 23.2 Å². The van der Waals surface area contributed by atoms with E-state index < -0.39 is 29.6 Å². The van der Waals surface area contributed by atoms with Crippen molar-refractivity contribution in [2.45, 2.75) is 25.9 Å². The van der Waals surface area contributed by atoms with Crippen LogP contribution in [0.1, 0.15) is 18.9 Å². The number of nitrogens with zero attached hydrogens (tertiary/aromatic N) is 1. The van der Waals surface area contributed by atoms with Gasteiger partial charge in [-0.15, -0.1) is 12.4 Å². The van der Waals surface area contributed by atoms with Gasteiger partial charge in [0.05, 0.1) is 19.1 Å². The highest BCUT2D eigenvalue weighted by Crippen LogP contribution is 2.13. The molecule has 1 fully saturated rings. The van der Waals surface area contributed by atoms with Crippen molar-refractivity contribution in [3.63, 3.8) is 0 Å². The molecule has 2 amide bonds. The zero-order valence-electron chi connectivity index (χ0n) is 14.8. The number of carbonyl (C=O) groups excluding carboxylic acids is 3. The molecule has 0 bridgehead atoms. The van der Waals surface area contributed by atoms with Crippen molar-refractivity contribution >= 4 is 30.2 Å². The van der Waals surface area contributed by atoms with Gasteiger partial charge in [-0.05, 0) is 24.6 Å². The summed E-state index contributed by atoms with van der Waals surface area (Å²) in [6.07, 6.45) is -0.147. The molecule has 1 aliphatic heterocycles. The molecule has 2 rings (SSSR count). The Bertz CT molecular complexity index is 670. The van der Waals surface area contributed by atoms with Crippen molar-refractivity contribution in [2.75, 3.05) is 26.2 Å². The quantitative estimate of drug-likeness (QED) is 0.654. The van der Waals surface area contributed by atoms with Gasteiger partial charge in [-0.1, -0.05) is 0 Å². The summed E-state index contributed by atoms with van der Waals surface area (Å²) < 4.78 is 31.3. The number of piperazine rings is 1. The van der Waals surface area contributed by atoms with Crippen LogP contribution in [0.3, 0.4) is 0 Å². The molecule has 1 aromatic carbocycles. The van der Waals surface area contributed by atoms with Gasteiger partial charge in [0.1, 0.15) is 18.2 Å². The standard InChI is InChI=1S/C17H21F2N3O4.ClH/c1-2-26-16(24)9-21-15(23)8-14-17(25)22(4-3-20-14)10-11-5-12(18)7-13(19)6-11;/h5-7,14,20H,2-4,8-10H2,1H3,(H,21,23);1H. The molecule has 0 radical (unpaired) electrons. The average Bonchev–Trinajstić information content (AvgIpc) is 2.56. The van der Waals surface area contributed by atoms with Crippen LogP contribution in [0, 0.1) is 11.6 Å². The van der Waals surface area contributed by atoms with Crippen LogP contribution in [-0.2, 0) is 25.7 Å².